The molecule has 1 unspecified atom stereocenters. The Labute approximate surface area is 241 Å². The third kappa shape index (κ3) is 4.41. The summed E-state index contributed by atoms with van der Waals surface area (Å²) in [5, 5.41) is 3.02. The van der Waals surface area contributed by atoms with Crippen LogP contribution in [0.2, 0.25) is 0 Å². The van der Waals surface area contributed by atoms with Crippen molar-refractivity contribution in [2.45, 2.75) is 41.5 Å². The number of rotatable bonds is 5. The predicted octanol–water partition coefficient (Wildman–Crippen LogP) is 11.4. The minimum absolute atomic E-state index is 0.711. The Hall–Kier alpha value is -3.57. The number of anilines is 2. The Balaban J connectivity index is 1.69. The van der Waals surface area contributed by atoms with Gasteiger partial charge in [0.15, 0.2) is 7.91 Å². The molecule has 0 saturated carbocycles. The van der Waals surface area contributed by atoms with E-state index in [4.69, 9.17) is 0 Å². The van der Waals surface area contributed by atoms with Crippen LogP contribution in [0, 0.1) is 41.5 Å². The van der Waals surface area contributed by atoms with Crippen LogP contribution in [0.4, 0.5) is 11.4 Å². The minimum atomic E-state index is -0.832. The van der Waals surface area contributed by atoms with Crippen LogP contribution in [0.1, 0.15) is 33.1 Å². The van der Waals surface area contributed by atoms with Crippen molar-refractivity contribution < 1.29 is 0 Å². The summed E-state index contributed by atoms with van der Waals surface area (Å²) in [4.78, 5) is 0. The summed E-state index contributed by atoms with van der Waals surface area (Å²) in [6, 6.07) is 35.5. The van der Waals surface area contributed by atoms with Gasteiger partial charge in [-0.25, -0.2) is 0 Å². The second-order valence-corrected chi connectivity index (χ2v) is 16.1. The highest BCUT2D eigenvalue weighted by molar-refractivity contribution is 8.28. The Kier molecular flexibility index (Phi) is 7.18. The van der Waals surface area contributed by atoms with Crippen molar-refractivity contribution in [2.24, 2.45) is 0 Å². The van der Waals surface area contributed by atoms with Crippen molar-refractivity contribution in [3.8, 4) is 22.0 Å². The molecule has 0 radical (unpaired) electrons. The van der Waals surface area contributed by atoms with E-state index in [1.807, 2.05) is 0 Å². The molecule has 0 aliphatic carbocycles. The molecule has 1 atom stereocenters. The molecular weight excluding hydrogens is 522 g/mol. The molecule has 1 aromatic heterocycles. The fourth-order valence-electron chi connectivity index (χ4n) is 6.21. The van der Waals surface area contributed by atoms with E-state index in [-0.39, 0.29) is 0 Å². The zero-order chi connectivity index (χ0) is 28.0. The number of para-hydroxylation sites is 2. The van der Waals surface area contributed by atoms with Crippen molar-refractivity contribution in [3.05, 3.63) is 143 Å². The largest absolute Gasteiger partial charge is 0.300 e. The quantitative estimate of drug-likeness (QED) is 0.198. The Morgan fingerprint density at radius 1 is 0.475 bits per heavy atom. The van der Waals surface area contributed by atoms with E-state index in [1.54, 1.807) is 0 Å². The number of aryl methyl sites for hydroxylation is 4. The van der Waals surface area contributed by atoms with Crippen LogP contribution < -0.4 is 9.34 Å². The van der Waals surface area contributed by atoms with Gasteiger partial charge >= 0.3 is 0 Å². The van der Waals surface area contributed by atoms with Gasteiger partial charge in [-0.3, -0.25) is 0 Å². The maximum absolute atomic E-state index is 2.63. The lowest BCUT2D eigenvalue weighted by molar-refractivity contribution is 1.30. The fourth-order valence-corrected chi connectivity index (χ4v) is 14.8. The zero-order valence-electron chi connectivity index (χ0n) is 24.2. The molecule has 2 nitrogen and oxygen atoms in total. The van der Waals surface area contributed by atoms with Gasteiger partial charge in [0.05, 0.1) is 11.4 Å². The lowest BCUT2D eigenvalue weighted by atomic mass is 9.99. The summed E-state index contributed by atoms with van der Waals surface area (Å²) in [5.41, 5.74) is 13.5. The molecule has 2 heterocycles. The second-order valence-electron chi connectivity index (χ2n) is 10.7. The maximum Gasteiger partial charge on any atom is 0.156 e. The molecule has 6 rings (SSSR count). The van der Waals surface area contributed by atoms with Crippen molar-refractivity contribution in [3.63, 3.8) is 0 Å². The Morgan fingerprint density at radius 2 is 0.900 bits per heavy atom. The number of benzene rings is 4. The highest BCUT2D eigenvalue weighted by Gasteiger charge is 2.38. The minimum Gasteiger partial charge on any atom is -0.300 e. The second kappa shape index (κ2) is 10.8. The highest BCUT2D eigenvalue weighted by Crippen LogP contribution is 2.78. The molecule has 0 saturated heterocycles. The van der Waals surface area contributed by atoms with Gasteiger partial charge in [0.25, 0.3) is 0 Å². The molecular formula is C36H36N2P2. The first kappa shape index (κ1) is 26.6. The van der Waals surface area contributed by atoms with Gasteiger partial charge in [0, 0.05) is 17.7 Å². The van der Waals surface area contributed by atoms with E-state index in [0.717, 1.165) is 0 Å². The summed E-state index contributed by atoms with van der Waals surface area (Å²) >= 11 is 0. The lowest BCUT2D eigenvalue weighted by Crippen LogP contribution is -2.15. The van der Waals surface area contributed by atoms with Gasteiger partial charge in [-0.15, -0.1) is 0 Å². The van der Waals surface area contributed by atoms with Gasteiger partial charge in [-0.1, -0.05) is 97.1 Å². The van der Waals surface area contributed by atoms with E-state index >= 15 is 0 Å². The Morgan fingerprint density at radius 3 is 1.35 bits per heavy atom. The molecule has 4 aromatic carbocycles. The molecule has 4 heteroatoms. The molecule has 0 fully saturated rings. The lowest BCUT2D eigenvalue weighted by Gasteiger charge is -2.36. The van der Waals surface area contributed by atoms with Crippen LogP contribution >= 0.6 is 15.1 Å². The smallest absolute Gasteiger partial charge is 0.156 e. The van der Waals surface area contributed by atoms with Gasteiger partial charge in [0.2, 0.25) is 0 Å². The summed E-state index contributed by atoms with van der Waals surface area (Å²) in [6.45, 7) is 13.8. The molecule has 40 heavy (non-hydrogen) atoms. The summed E-state index contributed by atoms with van der Waals surface area (Å²) < 4.78 is 5.26. The van der Waals surface area contributed by atoms with Gasteiger partial charge < -0.3 is 9.34 Å². The van der Waals surface area contributed by atoms with Crippen molar-refractivity contribution >= 4 is 26.5 Å². The Bertz CT molecular complexity index is 1620. The molecule has 0 spiro atoms. The van der Waals surface area contributed by atoms with E-state index in [1.165, 1.54) is 66.5 Å². The van der Waals surface area contributed by atoms with Gasteiger partial charge in [0.1, 0.15) is 0 Å². The van der Waals surface area contributed by atoms with Crippen LogP contribution in [0.25, 0.3) is 22.0 Å². The standard InChI is InChI=1S/C36H36N2P2/c1-25-15-13-16-26(2)34(25)37-23-24-38(35-27(3)17-14-18-28(35)4)40(37)39-30(6)33(31-19-9-7-10-20-31)29(5)36(39)32-21-11-8-12-22-32/h7-24H,1-6H3. The number of nitrogens with zero attached hydrogens (tertiary/aromatic N) is 2. The fraction of sp³-hybridized carbons (Fsp3) is 0.167. The van der Waals surface area contributed by atoms with E-state index in [2.05, 4.69) is 160 Å². The van der Waals surface area contributed by atoms with Crippen LogP contribution in [0.5, 0.6) is 0 Å². The average molecular weight is 559 g/mol. The van der Waals surface area contributed by atoms with E-state index < -0.39 is 15.1 Å². The van der Waals surface area contributed by atoms with Crippen molar-refractivity contribution in [2.75, 3.05) is 9.34 Å². The van der Waals surface area contributed by atoms with Crippen LogP contribution in [0.3, 0.4) is 0 Å². The third-order valence-electron chi connectivity index (χ3n) is 7.98. The average Bonchev–Trinajstić information content (AvgIpc) is 3.46. The maximum atomic E-state index is 2.63. The van der Waals surface area contributed by atoms with Crippen LogP contribution in [-0.2, 0) is 0 Å². The topological polar surface area (TPSA) is 6.48 Å². The monoisotopic (exact) mass is 558 g/mol. The zero-order valence-corrected chi connectivity index (χ0v) is 26.0. The third-order valence-corrected chi connectivity index (χ3v) is 15.4. The summed E-state index contributed by atoms with van der Waals surface area (Å²) in [6.07, 6.45) is 4.70. The molecule has 0 N–H and O–H groups in total. The van der Waals surface area contributed by atoms with E-state index in [0.29, 0.717) is 0 Å². The number of hydrogen-bond acceptors (Lipinski definition) is 2. The molecule has 5 aromatic rings. The summed E-state index contributed by atoms with van der Waals surface area (Å²) in [7, 11) is -1.54. The molecule has 1 aliphatic rings. The molecule has 200 valence electrons. The molecule has 0 bridgehead atoms. The first-order chi connectivity index (χ1) is 19.4. The van der Waals surface area contributed by atoms with Crippen molar-refractivity contribution in [1.82, 2.24) is 0 Å². The van der Waals surface area contributed by atoms with Gasteiger partial charge in [-0.05, 0) is 98.6 Å². The van der Waals surface area contributed by atoms with Crippen LogP contribution in [0.15, 0.2) is 109 Å². The SMILES string of the molecule is Cc1cccc(C)c1N1C=CN(c2c(C)cccc2C)P1p1c(C)c(-c2ccccc2)c(C)c1-c1ccccc1. The number of hydrogen-bond donors (Lipinski definition) is 0. The van der Waals surface area contributed by atoms with Gasteiger partial charge in [-0.2, -0.15) is 0 Å². The normalized spacial score (nSPS) is 13.9. The van der Waals surface area contributed by atoms with Crippen LogP contribution in [-0.4, -0.2) is 0 Å². The first-order valence-electron chi connectivity index (χ1n) is 13.9. The highest BCUT2D eigenvalue weighted by atomic mass is 32.1. The van der Waals surface area contributed by atoms with Crippen molar-refractivity contribution in [1.29, 1.82) is 0 Å². The molecule has 1 aliphatic heterocycles. The predicted molar refractivity (Wildman–Crippen MR) is 178 cm³/mol. The first-order valence-corrected chi connectivity index (χ1v) is 17.2. The summed E-state index contributed by atoms with van der Waals surface area (Å²) in [5.74, 6) is 0. The van der Waals surface area contributed by atoms with E-state index in [9.17, 15) is 0 Å². The molecule has 0 amide bonds.